The van der Waals surface area contributed by atoms with Crippen molar-refractivity contribution in [1.29, 1.82) is 0 Å². The van der Waals surface area contributed by atoms with Crippen LogP contribution in [0.5, 0.6) is 0 Å². The lowest BCUT2D eigenvalue weighted by Crippen LogP contribution is -3.00. The van der Waals surface area contributed by atoms with Gasteiger partial charge >= 0.3 is 5.95 Å². The smallest absolute Gasteiger partial charge is 0.358 e. The van der Waals surface area contributed by atoms with Gasteiger partial charge in [-0.15, -0.1) is 0 Å². The van der Waals surface area contributed by atoms with E-state index in [0.717, 1.165) is 47.7 Å². The third-order valence-electron chi connectivity index (χ3n) is 5.43. The predicted octanol–water partition coefficient (Wildman–Crippen LogP) is 1.30. The van der Waals surface area contributed by atoms with E-state index >= 15 is 0 Å². The first-order valence-electron chi connectivity index (χ1n) is 9.75. The normalized spacial score (nSPS) is 12.7. The van der Waals surface area contributed by atoms with Crippen molar-refractivity contribution in [3.63, 3.8) is 0 Å². The number of benzene rings is 3. The number of rotatable bonds is 4. The second-order valence-electron chi connectivity index (χ2n) is 7.20. The molecule has 5 heteroatoms. The zero-order valence-corrected chi connectivity index (χ0v) is 17.6. The number of ketones is 1. The molecule has 0 fully saturated rings. The van der Waals surface area contributed by atoms with E-state index in [1.165, 1.54) is 5.52 Å². The molecule has 0 amide bonds. The third-order valence-corrected chi connectivity index (χ3v) is 5.43. The Morgan fingerprint density at radius 1 is 0.897 bits per heavy atom. The highest BCUT2D eigenvalue weighted by Gasteiger charge is 2.27. The van der Waals surface area contributed by atoms with Gasteiger partial charge in [0.2, 0.25) is 0 Å². The number of aryl methyl sites for hydroxylation is 1. The number of fused-ring (bicyclic) bond motifs is 3. The summed E-state index contributed by atoms with van der Waals surface area (Å²) in [4.78, 5) is 13.0. The number of carbonyl (C=O) groups excluding carboxylic acids is 1. The van der Waals surface area contributed by atoms with Crippen molar-refractivity contribution in [1.82, 2.24) is 4.57 Å². The van der Waals surface area contributed by atoms with E-state index in [0.29, 0.717) is 6.54 Å². The van der Waals surface area contributed by atoms with E-state index in [9.17, 15) is 4.79 Å². The molecule has 146 valence electrons. The van der Waals surface area contributed by atoms with Gasteiger partial charge in [-0.25, -0.2) is 9.13 Å². The average molecular weight is 448 g/mol. The van der Waals surface area contributed by atoms with E-state index in [-0.39, 0.29) is 22.8 Å². The molecule has 0 bridgehead atoms. The number of halogens is 1. The number of aromatic nitrogens is 2. The molecule has 0 saturated carbocycles. The number of carbonyl (C=O) groups is 1. The van der Waals surface area contributed by atoms with Crippen LogP contribution in [0.1, 0.15) is 16.8 Å². The highest BCUT2D eigenvalue weighted by Crippen LogP contribution is 2.22. The largest absolute Gasteiger partial charge is 1.00 e. The highest BCUT2D eigenvalue weighted by molar-refractivity contribution is 5.97. The van der Waals surface area contributed by atoms with Crippen molar-refractivity contribution in [2.75, 3.05) is 11.9 Å². The average Bonchev–Trinajstić information content (AvgIpc) is 3.08. The summed E-state index contributed by atoms with van der Waals surface area (Å²) >= 11 is 0. The van der Waals surface area contributed by atoms with Crippen molar-refractivity contribution < 1.29 is 26.3 Å². The van der Waals surface area contributed by atoms with Gasteiger partial charge in [0, 0.05) is 12.0 Å². The first-order valence-corrected chi connectivity index (χ1v) is 9.75. The van der Waals surface area contributed by atoms with Crippen LogP contribution in [-0.4, -0.2) is 16.9 Å². The standard InChI is InChI=1S/C24H21N3O.BrH/c28-23(20-13-11-19(12-14-20)18-7-2-1-3-8-18)17-27-22-10-5-4-9-21(22)26-16-6-15-25-24(26)27;/h1-5,7-14H,6,15-17H2;1H. The second-order valence-corrected chi connectivity index (χ2v) is 7.20. The summed E-state index contributed by atoms with van der Waals surface area (Å²) in [6, 6.07) is 26.5. The maximum Gasteiger partial charge on any atom is 0.358 e. The summed E-state index contributed by atoms with van der Waals surface area (Å²) in [7, 11) is 0. The van der Waals surface area contributed by atoms with Crippen LogP contribution in [0.4, 0.5) is 5.95 Å². The third kappa shape index (κ3) is 3.58. The molecule has 1 aromatic heterocycles. The van der Waals surface area contributed by atoms with Gasteiger partial charge < -0.3 is 17.0 Å². The fourth-order valence-corrected chi connectivity index (χ4v) is 4.02. The van der Waals surface area contributed by atoms with Crippen molar-refractivity contribution >= 4 is 22.8 Å². The lowest BCUT2D eigenvalue weighted by atomic mass is 10.0. The van der Waals surface area contributed by atoms with Gasteiger partial charge in [0.15, 0.2) is 5.78 Å². The second kappa shape index (κ2) is 8.21. The molecular weight excluding hydrogens is 426 g/mol. The lowest BCUT2D eigenvalue weighted by Gasteiger charge is -2.11. The van der Waals surface area contributed by atoms with Crippen molar-refractivity contribution in [2.24, 2.45) is 0 Å². The number of hydrogen-bond acceptors (Lipinski definition) is 2. The molecule has 5 rings (SSSR count). The molecule has 1 aliphatic heterocycles. The highest BCUT2D eigenvalue weighted by atomic mass is 79.9. The van der Waals surface area contributed by atoms with E-state index in [1.807, 2.05) is 48.5 Å². The molecule has 0 aliphatic carbocycles. The molecule has 0 spiro atoms. The lowest BCUT2D eigenvalue weighted by molar-refractivity contribution is -0.661. The topological polar surface area (TPSA) is 37.9 Å². The van der Waals surface area contributed by atoms with Gasteiger partial charge in [-0.2, -0.15) is 0 Å². The van der Waals surface area contributed by atoms with Crippen LogP contribution in [0.25, 0.3) is 22.2 Å². The quantitative estimate of drug-likeness (QED) is 0.378. The number of para-hydroxylation sites is 2. The molecule has 3 aromatic carbocycles. The van der Waals surface area contributed by atoms with Gasteiger partial charge in [-0.05, 0) is 23.3 Å². The van der Waals surface area contributed by atoms with Crippen LogP contribution >= 0.6 is 0 Å². The Labute approximate surface area is 180 Å². The maximum absolute atomic E-state index is 13.0. The van der Waals surface area contributed by atoms with Gasteiger partial charge in [-0.3, -0.25) is 10.1 Å². The summed E-state index contributed by atoms with van der Waals surface area (Å²) in [6.07, 6.45) is 1.10. The summed E-state index contributed by atoms with van der Waals surface area (Å²) < 4.78 is 4.40. The molecule has 0 atom stereocenters. The number of imidazole rings is 1. The van der Waals surface area contributed by atoms with Gasteiger partial charge in [0.1, 0.15) is 17.6 Å². The fourth-order valence-electron chi connectivity index (χ4n) is 4.02. The van der Waals surface area contributed by atoms with Gasteiger partial charge in [0.25, 0.3) is 0 Å². The Kier molecular flexibility index (Phi) is 5.49. The van der Waals surface area contributed by atoms with E-state index in [2.05, 4.69) is 44.8 Å². The van der Waals surface area contributed by atoms with Crippen LogP contribution in [0.3, 0.4) is 0 Å². The van der Waals surface area contributed by atoms with Crippen LogP contribution in [0.15, 0.2) is 78.9 Å². The number of Topliss-reactive ketones (excluding diaryl/α,β-unsaturated/α-hetero) is 1. The minimum Gasteiger partial charge on any atom is -1.00 e. The van der Waals surface area contributed by atoms with E-state index in [1.54, 1.807) is 0 Å². The summed E-state index contributed by atoms with van der Waals surface area (Å²) in [6.45, 7) is 2.26. The summed E-state index contributed by atoms with van der Waals surface area (Å²) in [5, 5.41) is 3.48. The zero-order valence-electron chi connectivity index (χ0n) is 16.0. The molecular formula is C24H22BrN3O. The molecule has 2 heterocycles. The number of nitrogens with zero attached hydrogens (tertiary/aromatic N) is 2. The SMILES string of the molecule is O=C(Cn1c2[n+](c3ccccc31)CCCN2)c1ccc(-c2ccccc2)cc1.[Br-]. The summed E-state index contributed by atoms with van der Waals surface area (Å²) in [5.74, 6) is 1.15. The molecule has 29 heavy (non-hydrogen) atoms. The number of nitrogens with one attached hydrogen (secondary N) is 1. The van der Waals surface area contributed by atoms with Crippen LogP contribution in [0, 0.1) is 0 Å². The first-order chi connectivity index (χ1) is 13.8. The Morgan fingerprint density at radius 2 is 1.59 bits per heavy atom. The van der Waals surface area contributed by atoms with Crippen molar-refractivity contribution in [2.45, 2.75) is 19.5 Å². The monoisotopic (exact) mass is 447 g/mol. The molecule has 1 N–H and O–H groups in total. The van der Waals surface area contributed by atoms with Crippen molar-refractivity contribution in [3.8, 4) is 11.1 Å². The van der Waals surface area contributed by atoms with Gasteiger partial charge in [0.05, 0.1) is 13.1 Å². The maximum atomic E-state index is 13.0. The van der Waals surface area contributed by atoms with Crippen LogP contribution in [0.2, 0.25) is 0 Å². The zero-order chi connectivity index (χ0) is 18.9. The van der Waals surface area contributed by atoms with E-state index in [4.69, 9.17) is 0 Å². The van der Waals surface area contributed by atoms with Crippen LogP contribution in [-0.2, 0) is 13.1 Å². The molecule has 0 saturated heterocycles. The fraction of sp³-hybridized carbons (Fsp3) is 0.167. The predicted molar refractivity (Wildman–Crippen MR) is 111 cm³/mol. The number of hydrogen-bond donors (Lipinski definition) is 1. The Bertz CT molecular complexity index is 1150. The minimum absolute atomic E-state index is 0. The Hall–Kier alpha value is -2.92. The first kappa shape index (κ1) is 19.4. The van der Waals surface area contributed by atoms with Crippen molar-refractivity contribution in [3.05, 3.63) is 84.4 Å². The number of anilines is 1. The minimum atomic E-state index is 0. The Morgan fingerprint density at radius 3 is 2.38 bits per heavy atom. The summed E-state index contributed by atoms with van der Waals surface area (Å²) in [5.41, 5.74) is 5.30. The molecule has 0 unspecified atom stereocenters. The van der Waals surface area contributed by atoms with Crippen LogP contribution < -0.4 is 26.9 Å². The molecule has 4 nitrogen and oxygen atoms in total. The molecule has 0 radical (unpaired) electrons. The van der Waals surface area contributed by atoms with E-state index < -0.39 is 0 Å². The Balaban J connectivity index is 0.00000205. The van der Waals surface area contributed by atoms with Gasteiger partial charge in [-0.1, -0.05) is 66.7 Å². The molecule has 4 aromatic rings. The molecule has 1 aliphatic rings.